The Hall–Kier alpha value is -1.62. The first-order chi connectivity index (χ1) is 8.74. The van der Waals surface area contributed by atoms with Crippen LogP contribution in [-0.4, -0.2) is 23.2 Å². The van der Waals surface area contributed by atoms with Crippen molar-refractivity contribution in [3.05, 3.63) is 24.0 Å². The second-order valence-electron chi connectivity index (χ2n) is 4.38. The Labute approximate surface area is 107 Å². The lowest BCUT2D eigenvalue weighted by Crippen LogP contribution is -2.27. The van der Waals surface area contributed by atoms with Crippen molar-refractivity contribution in [3.8, 4) is 11.4 Å². The minimum atomic E-state index is 0.383. The SMILES string of the molecule is CCCC(Cc1nc(-c2ccoc2C)no1)NC. The monoisotopic (exact) mass is 249 g/mol. The maximum Gasteiger partial charge on any atom is 0.228 e. The van der Waals surface area contributed by atoms with Gasteiger partial charge in [0, 0.05) is 12.5 Å². The quantitative estimate of drug-likeness (QED) is 0.852. The van der Waals surface area contributed by atoms with Crippen molar-refractivity contribution in [3.63, 3.8) is 0 Å². The zero-order valence-electron chi connectivity index (χ0n) is 11.1. The molecule has 0 radical (unpaired) electrons. The van der Waals surface area contributed by atoms with Crippen molar-refractivity contribution in [2.24, 2.45) is 0 Å². The molecule has 0 fully saturated rings. The Morgan fingerprint density at radius 2 is 2.28 bits per heavy atom. The maximum absolute atomic E-state index is 5.28. The van der Waals surface area contributed by atoms with Gasteiger partial charge in [-0.3, -0.25) is 0 Å². The van der Waals surface area contributed by atoms with E-state index in [-0.39, 0.29) is 0 Å². The third-order valence-corrected chi connectivity index (χ3v) is 3.03. The summed E-state index contributed by atoms with van der Waals surface area (Å²) in [6.07, 6.45) is 4.62. The molecule has 0 aromatic carbocycles. The normalized spacial score (nSPS) is 12.8. The lowest BCUT2D eigenvalue weighted by molar-refractivity contribution is 0.356. The Morgan fingerprint density at radius 3 is 2.89 bits per heavy atom. The molecule has 0 saturated heterocycles. The van der Waals surface area contributed by atoms with Crippen molar-refractivity contribution in [1.29, 1.82) is 0 Å². The van der Waals surface area contributed by atoms with Gasteiger partial charge in [-0.1, -0.05) is 18.5 Å². The van der Waals surface area contributed by atoms with Gasteiger partial charge in [0.1, 0.15) is 5.76 Å². The fraction of sp³-hybridized carbons (Fsp3) is 0.538. The molecule has 0 amide bonds. The van der Waals surface area contributed by atoms with Gasteiger partial charge in [-0.15, -0.1) is 0 Å². The molecule has 98 valence electrons. The van der Waals surface area contributed by atoms with Crippen LogP contribution in [0.15, 0.2) is 21.3 Å². The zero-order chi connectivity index (χ0) is 13.0. The first-order valence-electron chi connectivity index (χ1n) is 6.29. The summed E-state index contributed by atoms with van der Waals surface area (Å²) in [5.74, 6) is 2.07. The van der Waals surface area contributed by atoms with E-state index in [1.807, 2.05) is 20.0 Å². The van der Waals surface area contributed by atoms with E-state index >= 15 is 0 Å². The highest BCUT2D eigenvalue weighted by atomic mass is 16.5. The van der Waals surface area contributed by atoms with Crippen LogP contribution in [0.1, 0.15) is 31.4 Å². The second kappa shape index (κ2) is 5.82. The van der Waals surface area contributed by atoms with Gasteiger partial charge < -0.3 is 14.3 Å². The molecule has 5 heteroatoms. The molecule has 18 heavy (non-hydrogen) atoms. The van der Waals surface area contributed by atoms with Gasteiger partial charge in [0.05, 0.1) is 11.8 Å². The van der Waals surface area contributed by atoms with Gasteiger partial charge in [0.15, 0.2) is 0 Å². The number of hydrogen-bond acceptors (Lipinski definition) is 5. The molecule has 0 aliphatic rings. The van der Waals surface area contributed by atoms with Crippen LogP contribution in [0, 0.1) is 6.92 Å². The lowest BCUT2D eigenvalue weighted by Gasteiger charge is -2.11. The van der Waals surface area contributed by atoms with Gasteiger partial charge in [-0.05, 0) is 26.5 Å². The van der Waals surface area contributed by atoms with Crippen LogP contribution >= 0.6 is 0 Å². The van der Waals surface area contributed by atoms with E-state index in [2.05, 4.69) is 22.4 Å². The average Bonchev–Trinajstić information content (AvgIpc) is 2.97. The van der Waals surface area contributed by atoms with Crippen LogP contribution in [0.5, 0.6) is 0 Å². The number of aromatic nitrogens is 2. The Morgan fingerprint density at radius 1 is 1.44 bits per heavy atom. The zero-order valence-corrected chi connectivity index (χ0v) is 11.1. The average molecular weight is 249 g/mol. The standard InChI is InChI=1S/C13H19N3O2/c1-4-5-10(14-3)8-12-15-13(16-18-12)11-6-7-17-9(11)2/h6-7,10,14H,4-5,8H2,1-3H3. The second-order valence-corrected chi connectivity index (χ2v) is 4.38. The Bertz CT molecular complexity index is 490. The summed E-state index contributed by atoms with van der Waals surface area (Å²) in [6.45, 7) is 4.05. The number of furan rings is 1. The minimum absolute atomic E-state index is 0.383. The molecule has 1 unspecified atom stereocenters. The lowest BCUT2D eigenvalue weighted by atomic mass is 10.1. The van der Waals surface area contributed by atoms with E-state index in [1.165, 1.54) is 0 Å². The maximum atomic E-state index is 5.28. The fourth-order valence-electron chi connectivity index (χ4n) is 1.97. The smallest absolute Gasteiger partial charge is 0.228 e. The predicted octanol–water partition coefficient (Wildman–Crippen LogP) is 2.57. The molecule has 0 saturated carbocycles. The molecule has 2 aromatic rings. The number of nitrogens with one attached hydrogen (secondary N) is 1. The molecule has 2 heterocycles. The van der Waals surface area contributed by atoms with Gasteiger partial charge in [-0.25, -0.2) is 0 Å². The molecule has 0 aliphatic carbocycles. The summed E-state index contributed by atoms with van der Waals surface area (Å²) in [5.41, 5.74) is 0.890. The number of rotatable bonds is 6. The Kier molecular flexibility index (Phi) is 4.15. The van der Waals surface area contributed by atoms with Crippen molar-refractivity contribution in [2.75, 3.05) is 7.05 Å². The highest BCUT2D eigenvalue weighted by Crippen LogP contribution is 2.21. The molecule has 1 N–H and O–H groups in total. The molecular weight excluding hydrogens is 230 g/mol. The fourth-order valence-corrected chi connectivity index (χ4v) is 1.97. The summed E-state index contributed by atoms with van der Waals surface area (Å²) in [7, 11) is 1.96. The highest BCUT2D eigenvalue weighted by Gasteiger charge is 2.15. The van der Waals surface area contributed by atoms with Crippen molar-refractivity contribution in [1.82, 2.24) is 15.5 Å². The molecule has 0 aliphatic heterocycles. The van der Waals surface area contributed by atoms with E-state index in [4.69, 9.17) is 8.94 Å². The number of nitrogens with zero attached hydrogens (tertiary/aromatic N) is 2. The van der Waals surface area contributed by atoms with Crippen LogP contribution in [0.2, 0.25) is 0 Å². The molecule has 0 bridgehead atoms. The summed E-state index contributed by atoms with van der Waals surface area (Å²) >= 11 is 0. The predicted molar refractivity (Wildman–Crippen MR) is 68.2 cm³/mol. The van der Waals surface area contributed by atoms with Crippen molar-refractivity contribution < 1.29 is 8.94 Å². The molecule has 2 rings (SSSR count). The van der Waals surface area contributed by atoms with Gasteiger partial charge in [-0.2, -0.15) is 4.98 Å². The van der Waals surface area contributed by atoms with Gasteiger partial charge in [0.2, 0.25) is 11.7 Å². The molecule has 5 nitrogen and oxygen atoms in total. The van der Waals surface area contributed by atoms with E-state index < -0.39 is 0 Å². The van der Waals surface area contributed by atoms with Crippen LogP contribution < -0.4 is 5.32 Å². The van der Waals surface area contributed by atoms with E-state index in [0.717, 1.165) is 30.6 Å². The van der Waals surface area contributed by atoms with Gasteiger partial charge in [0.25, 0.3) is 0 Å². The summed E-state index contributed by atoms with van der Waals surface area (Å²) in [5, 5.41) is 7.25. The van der Waals surface area contributed by atoms with Crippen LogP contribution in [0.4, 0.5) is 0 Å². The van der Waals surface area contributed by atoms with E-state index in [1.54, 1.807) is 6.26 Å². The largest absolute Gasteiger partial charge is 0.469 e. The minimum Gasteiger partial charge on any atom is -0.469 e. The first-order valence-corrected chi connectivity index (χ1v) is 6.29. The van der Waals surface area contributed by atoms with E-state index in [9.17, 15) is 0 Å². The van der Waals surface area contributed by atoms with Crippen LogP contribution in [-0.2, 0) is 6.42 Å². The summed E-state index contributed by atoms with van der Waals surface area (Å²) in [6, 6.07) is 2.24. The highest BCUT2D eigenvalue weighted by molar-refractivity contribution is 5.56. The topological polar surface area (TPSA) is 64.1 Å². The van der Waals surface area contributed by atoms with E-state index in [0.29, 0.717) is 17.8 Å². The first kappa shape index (κ1) is 12.8. The van der Waals surface area contributed by atoms with Crippen LogP contribution in [0.3, 0.4) is 0 Å². The summed E-state index contributed by atoms with van der Waals surface area (Å²) in [4.78, 5) is 4.41. The summed E-state index contributed by atoms with van der Waals surface area (Å²) < 4.78 is 10.5. The number of likely N-dealkylation sites (N-methyl/N-ethyl adjacent to an activating group) is 1. The number of hydrogen-bond donors (Lipinski definition) is 1. The third-order valence-electron chi connectivity index (χ3n) is 3.03. The Balaban J connectivity index is 2.09. The molecule has 0 spiro atoms. The molecular formula is C13H19N3O2. The van der Waals surface area contributed by atoms with Crippen molar-refractivity contribution >= 4 is 0 Å². The molecule has 1 atom stereocenters. The third kappa shape index (κ3) is 2.79. The number of aryl methyl sites for hydroxylation is 1. The van der Waals surface area contributed by atoms with Crippen LogP contribution in [0.25, 0.3) is 11.4 Å². The molecule has 2 aromatic heterocycles. The van der Waals surface area contributed by atoms with Gasteiger partial charge >= 0.3 is 0 Å². The van der Waals surface area contributed by atoms with Crippen molar-refractivity contribution in [2.45, 2.75) is 39.2 Å².